The van der Waals surface area contributed by atoms with Crippen molar-refractivity contribution < 1.29 is 0 Å². The van der Waals surface area contributed by atoms with Gasteiger partial charge >= 0.3 is 0 Å². The van der Waals surface area contributed by atoms with Gasteiger partial charge in [0.2, 0.25) is 0 Å². The summed E-state index contributed by atoms with van der Waals surface area (Å²) >= 11 is 0. The number of anilines is 3. The van der Waals surface area contributed by atoms with E-state index in [2.05, 4.69) is 242 Å². The highest BCUT2D eigenvalue weighted by atomic mass is 15.1. The molecule has 0 saturated heterocycles. The normalized spacial score (nSPS) is 12.7. The Morgan fingerprint density at radius 3 is 1.37 bits per heavy atom. The van der Waals surface area contributed by atoms with Crippen LogP contribution >= 0.6 is 0 Å². The van der Waals surface area contributed by atoms with Gasteiger partial charge in [0, 0.05) is 38.9 Å². The van der Waals surface area contributed by atoms with E-state index in [1.165, 1.54) is 77.4 Å². The van der Waals surface area contributed by atoms with E-state index in [-0.39, 0.29) is 5.41 Å². The quantitative estimate of drug-likeness (QED) is 0.157. The maximum atomic E-state index is 2.48. The van der Waals surface area contributed by atoms with Crippen molar-refractivity contribution in [2.24, 2.45) is 0 Å². The van der Waals surface area contributed by atoms with Crippen molar-refractivity contribution in [3.05, 3.63) is 230 Å². The molecule has 0 spiro atoms. The van der Waals surface area contributed by atoms with Gasteiger partial charge in [-0.25, -0.2) is 0 Å². The summed E-state index contributed by atoms with van der Waals surface area (Å²) in [7, 11) is 0. The van der Waals surface area contributed by atoms with E-state index in [0.29, 0.717) is 0 Å². The summed E-state index contributed by atoms with van der Waals surface area (Å²) < 4.78 is 2.48. The van der Waals surface area contributed by atoms with Gasteiger partial charge in [-0.3, -0.25) is 0 Å². The van der Waals surface area contributed by atoms with E-state index < -0.39 is 0 Å². The van der Waals surface area contributed by atoms with Gasteiger partial charge in [0.15, 0.2) is 0 Å². The van der Waals surface area contributed by atoms with Crippen LogP contribution in [0.25, 0.3) is 72.0 Å². The molecule has 0 bridgehead atoms. The molecule has 0 aliphatic heterocycles. The third-order valence-electron chi connectivity index (χ3n) is 12.4. The first-order valence-corrected chi connectivity index (χ1v) is 20.5. The molecule has 0 unspecified atom stereocenters. The Balaban J connectivity index is 1.13. The molecule has 2 nitrogen and oxygen atoms in total. The number of benzene rings is 9. The molecule has 1 heterocycles. The monoisotopic (exact) mass is 754 g/mol. The Labute approximate surface area is 345 Å². The molecule has 9 aromatic carbocycles. The molecular formula is C57H42N2. The van der Waals surface area contributed by atoms with Crippen molar-refractivity contribution >= 4 is 38.9 Å². The fourth-order valence-corrected chi connectivity index (χ4v) is 9.53. The first-order chi connectivity index (χ1) is 29.0. The van der Waals surface area contributed by atoms with Crippen LogP contribution in [0, 0.1) is 0 Å². The van der Waals surface area contributed by atoms with Crippen LogP contribution in [0.5, 0.6) is 0 Å². The number of hydrogen-bond donors (Lipinski definition) is 0. The SMILES string of the molecule is CC1(C)c2ccccc2-c2ccc3c(c21)c1ccc(N(c2ccc(-c4ccccc4)cc2)c2ccc(-c4ccccc4)cc2)cc1n3-c1ccc(-c2ccccc2)cc1. The predicted octanol–water partition coefficient (Wildman–Crippen LogP) is 15.6. The van der Waals surface area contributed by atoms with Crippen LogP contribution in [0.4, 0.5) is 17.1 Å². The molecule has 0 fully saturated rings. The Hall–Kier alpha value is -7.42. The highest BCUT2D eigenvalue weighted by molar-refractivity contribution is 6.15. The van der Waals surface area contributed by atoms with Gasteiger partial charge in [-0.1, -0.05) is 178 Å². The first kappa shape index (κ1) is 34.8. The highest BCUT2D eigenvalue weighted by Gasteiger charge is 2.38. The average Bonchev–Trinajstić information content (AvgIpc) is 3.75. The van der Waals surface area contributed by atoms with Crippen molar-refractivity contribution in [2.75, 3.05) is 4.90 Å². The summed E-state index contributed by atoms with van der Waals surface area (Å²) in [5, 5.41) is 2.58. The van der Waals surface area contributed by atoms with Crippen LogP contribution in [0.15, 0.2) is 218 Å². The van der Waals surface area contributed by atoms with Crippen molar-refractivity contribution in [1.29, 1.82) is 0 Å². The molecule has 0 N–H and O–H groups in total. The minimum absolute atomic E-state index is 0.159. The number of rotatable bonds is 7. The molecule has 2 heteroatoms. The highest BCUT2D eigenvalue weighted by Crippen LogP contribution is 2.53. The zero-order valence-electron chi connectivity index (χ0n) is 33.2. The zero-order valence-corrected chi connectivity index (χ0v) is 33.2. The molecule has 1 aliphatic rings. The maximum Gasteiger partial charge on any atom is 0.0562 e. The molecule has 1 aliphatic carbocycles. The van der Waals surface area contributed by atoms with Gasteiger partial charge in [-0.15, -0.1) is 0 Å². The summed E-state index contributed by atoms with van der Waals surface area (Å²) in [5.74, 6) is 0. The third-order valence-corrected chi connectivity index (χ3v) is 12.4. The second-order valence-corrected chi connectivity index (χ2v) is 16.2. The Bertz CT molecular complexity index is 3040. The van der Waals surface area contributed by atoms with Gasteiger partial charge in [-0.05, 0) is 110 Å². The second kappa shape index (κ2) is 13.9. The maximum absolute atomic E-state index is 2.48. The molecule has 280 valence electrons. The molecule has 0 saturated carbocycles. The van der Waals surface area contributed by atoms with Gasteiger partial charge in [0.25, 0.3) is 0 Å². The number of aromatic nitrogens is 1. The molecule has 0 radical (unpaired) electrons. The summed E-state index contributed by atoms with van der Waals surface area (Å²) in [5.41, 5.74) is 19.4. The van der Waals surface area contributed by atoms with E-state index >= 15 is 0 Å². The molecule has 59 heavy (non-hydrogen) atoms. The van der Waals surface area contributed by atoms with Gasteiger partial charge in [-0.2, -0.15) is 0 Å². The van der Waals surface area contributed by atoms with E-state index in [9.17, 15) is 0 Å². The summed E-state index contributed by atoms with van der Waals surface area (Å²) in [6.07, 6.45) is 0. The van der Waals surface area contributed by atoms with Gasteiger partial charge in [0.1, 0.15) is 0 Å². The lowest BCUT2D eigenvalue weighted by Gasteiger charge is -2.26. The number of nitrogens with zero attached hydrogens (tertiary/aromatic N) is 2. The fourth-order valence-electron chi connectivity index (χ4n) is 9.53. The summed E-state index contributed by atoms with van der Waals surface area (Å²) in [6.45, 7) is 4.78. The van der Waals surface area contributed by atoms with Crippen LogP contribution < -0.4 is 4.90 Å². The average molecular weight is 755 g/mol. The minimum Gasteiger partial charge on any atom is -0.310 e. The first-order valence-electron chi connectivity index (χ1n) is 20.5. The van der Waals surface area contributed by atoms with Gasteiger partial charge in [0.05, 0.1) is 11.0 Å². The van der Waals surface area contributed by atoms with E-state index in [1.54, 1.807) is 0 Å². The van der Waals surface area contributed by atoms with Crippen molar-refractivity contribution in [3.8, 4) is 50.2 Å². The van der Waals surface area contributed by atoms with Crippen molar-refractivity contribution in [3.63, 3.8) is 0 Å². The van der Waals surface area contributed by atoms with E-state index in [1.807, 2.05) is 0 Å². The molecule has 11 rings (SSSR count). The lowest BCUT2D eigenvalue weighted by atomic mass is 9.80. The third kappa shape index (κ3) is 5.79. The van der Waals surface area contributed by atoms with Crippen LogP contribution in [0.3, 0.4) is 0 Å². The van der Waals surface area contributed by atoms with Crippen LogP contribution in [-0.4, -0.2) is 4.57 Å². The van der Waals surface area contributed by atoms with Crippen LogP contribution in [0.1, 0.15) is 25.0 Å². The Kier molecular flexibility index (Phi) is 8.20. The molecule has 0 amide bonds. The largest absolute Gasteiger partial charge is 0.310 e. The number of hydrogen-bond acceptors (Lipinski definition) is 1. The lowest BCUT2D eigenvalue weighted by molar-refractivity contribution is 0.666. The number of fused-ring (bicyclic) bond motifs is 7. The smallest absolute Gasteiger partial charge is 0.0562 e. The molecular weight excluding hydrogens is 713 g/mol. The summed E-state index contributed by atoms with van der Waals surface area (Å²) in [4.78, 5) is 2.40. The minimum atomic E-state index is -0.159. The molecule has 0 atom stereocenters. The molecule has 1 aromatic heterocycles. The fraction of sp³-hybridized carbons (Fsp3) is 0.0526. The Morgan fingerprint density at radius 2 is 0.831 bits per heavy atom. The van der Waals surface area contributed by atoms with Crippen LogP contribution in [0.2, 0.25) is 0 Å². The second-order valence-electron chi connectivity index (χ2n) is 16.2. The van der Waals surface area contributed by atoms with Crippen molar-refractivity contribution in [1.82, 2.24) is 4.57 Å². The lowest BCUT2D eigenvalue weighted by Crippen LogP contribution is -2.15. The van der Waals surface area contributed by atoms with Gasteiger partial charge < -0.3 is 9.47 Å². The van der Waals surface area contributed by atoms with E-state index in [0.717, 1.165) is 22.7 Å². The predicted molar refractivity (Wildman–Crippen MR) is 249 cm³/mol. The van der Waals surface area contributed by atoms with Crippen molar-refractivity contribution in [2.45, 2.75) is 19.3 Å². The topological polar surface area (TPSA) is 8.17 Å². The standard InChI is InChI=1S/C57H42N2/c1-57(2)52-21-13-12-20-49(52)50-36-37-53-55(56(50)57)51-35-34-48(38-54(51)59(53)47-32-26-44(27-33-47)41-18-10-5-11-19-41)58(45-28-22-42(23-29-45)39-14-6-3-7-15-39)46-30-24-43(25-31-46)40-16-8-4-9-17-40/h3-38H,1-2H3. The van der Waals surface area contributed by atoms with E-state index in [4.69, 9.17) is 0 Å². The Morgan fingerprint density at radius 1 is 0.373 bits per heavy atom. The summed E-state index contributed by atoms with van der Waals surface area (Å²) in [6, 6.07) is 79.6. The van der Waals surface area contributed by atoms with Crippen LogP contribution in [-0.2, 0) is 5.41 Å². The molecule has 10 aromatic rings. The zero-order chi connectivity index (χ0) is 39.5.